The molecule has 0 unspecified atom stereocenters. The van der Waals surface area contributed by atoms with E-state index >= 15 is 0 Å². The molecule has 0 atom stereocenters. The number of hydrogen-bond donors (Lipinski definition) is 1. The first-order valence-corrected chi connectivity index (χ1v) is 8.26. The van der Waals surface area contributed by atoms with E-state index in [1.807, 2.05) is 55.6 Å². The van der Waals surface area contributed by atoms with Crippen molar-refractivity contribution in [3.05, 3.63) is 70.7 Å². The molecule has 122 valence electrons. The van der Waals surface area contributed by atoms with Crippen molar-refractivity contribution in [2.24, 2.45) is 0 Å². The summed E-state index contributed by atoms with van der Waals surface area (Å²) in [5.74, 6) is 0.157. The summed E-state index contributed by atoms with van der Waals surface area (Å²) in [4.78, 5) is 13.9. The highest BCUT2D eigenvalue weighted by Crippen LogP contribution is 2.10. The first-order valence-electron chi connectivity index (χ1n) is 7.88. The number of carbonyl (C=O) groups excluding carboxylic acids is 1. The lowest BCUT2D eigenvalue weighted by Crippen LogP contribution is -2.30. The first kappa shape index (κ1) is 17.5. The van der Waals surface area contributed by atoms with Crippen molar-refractivity contribution in [2.45, 2.75) is 19.4 Å². The molecule has 4 heteroatoms. The highest BCUT2D eigenvalue weighted by Gasteiger charge is 2.08. The maximum Gasteiger partial charge on any atom is 0.223 e. The molecule has 1 N–H and O–H groups in total. The fourth-order valence-electron chi connectivity index (χ4n) is 2.38. The number of benzene rings is 2. The van der Waals surface area contributed by atoms with Crippen LogP contribution < -0.4 is 5.32 Å². The van der Waals surface area contributed by atoms with E-state index < -0.39 is 0 Å². The maximum atomic E-state index is 12.1. The Bertz CT molecular complexity index is 616. The van der Waals surface area contributed by atoms with E-state index in [0.717, 1.165) is 23.6 Å². The van der Waals surface area contributed by atoms with Gasteiger partial charge in [-0.3, -0.25) is 4.79 Å². The second kappa shape index (κ2) is 9.33. The minimum Gasteiger partial charge on any atom is -0.341 e. The van der Waals surface area contributed by atoms with Gasteiger partial charge >= 0.3 is 0 Å². The molecule has 0 heterocycles. The standard InChI is InChI=1S/C19H23ClN2O/c1-22(15-17-6-3-2-4-7-17)19(23)11-13-21-12-10-16-8-5-9-18(20)14-16/h2-9,14,21H,10-13,15H2,1H3. The zero-order valence-corrected chi connectivity index (χ0v) is 14.2. The monoisotopic (exact) mass is 330 g/mol. The van der Waals surface area contributed by atoms with E-state index in [9.17, 15) is 4.79 Å². The Morgan fingerprint density at radius 1 is 1.04 bits per heavy atom. The van der Waals surface area contributed by atoms with Crippen molar-refractivity contribution in [3.63, 3.8) is 0 Å². The molecule has 0 saturated heterocycles. The topological polar surface area (TPSA) is 32.3 Å². The molecule has 0 aromatic heterocycles. The molecule has 3 nitrogen and oxygen atoms in total. The van der Waals surface area contributed by atoms with Gasteiger partial charge in [-0.15, -0.1) is 0 Å². The molecular weight excluding hydrogens is 308 g/mol. The van der Waals surface area contributed by atoms with Crippen molar-refractivity contribution in [1.82, 2.24) is 10.2 Å². The van der Waals surface area contributed by atoms with Gasteiger partial charge in [0.05, 0.1) is 0 Å². The maximum absolute atomic E-state index is 12.1. The molecule has 0 aliphatic carbocycles. The van der Waals surface area contributed by atoms with Gasteiger partial charge in [-0.2, -0.15) is 0 Å². The van der Waals surface area contributed by atoms with Gasteiger partial charge in [0.1, 0.15) is 0 Å². The van der Waals surface area contributed by atoms with Gasteiger partial charge in [0, 0.05) is 31.6 Å². The van der Waals surface area contributed by atoms with Gasteiger partial charge < -0.3 is 10.2 Å². The molecule has 23 heavy (non-hydrogen) atoms. The Kier molecular flexibility index (Phi) is 7.11. The number of carbonyl (C=O) groups is 1. The first-order chi connectivity index (χ1) is 11.1. The number of rotatable bonds is 8. The van der Waals surface area contributed by atoms with Crippen molar-refractivity contribution >= 4 is 17.5 Å². The minimum atomic E-state index is 0.157. The van der Waals surface area contributed by atoms with Crippen LogP contribution in [0.2, 0.25) is 5.02 Å². The van der Waals surface area contributed by atoms with Crippen molar-refractivity contribution in [3.8, 4) is 0 Å². The van der Waals surface area contributed by atoms with Crippen LogP contribution in [0, 0.1) is 0 Å². The van der Waals surface area contributed by atoms with E-state index in [1.54, 1.807) is 4.90 Å². The van der Waals surface area contributed by atoms with Crippen LogP contribution >= 0.6 is 11.6 Å². The second-order valence-electron chi connectivity index (χ2n) is 5.62. The second-order valence-corrected chi connectivity index (χ2v) is 6.05. The fourth-order valence-corrected chi connectivity index (χ4v) is 2.59. The highest BCUT2D eigenvalue weighted by atomic mass is 35.5. The minimum absolute atomic E-state index is 0.157. The molecule has 2 aromatic rings. The lowest BCUT2D eigenvalue weighted by atomic mass is 10.1. The molecule has 0 bridgehead atoms. The van der Waals surface area contributed by atoms with Crippen molar-refractivity contribution < 1.29 is 4.79 Å². The van der Waals surface area contributed by atoms with Crippen LogP contribution in [-0.2, 0) is 17.8 Å². The highest BCUT2D eigenvalue weighted by molar-refractivity contribution is 6.30. The Labute approximate surface area is 143 Å². The molecule has 2 aromatic carbocycles. The van der Waals surface area contributed by atoms with Crippen LogP contribution in [0.15, 0.2) is 54.6 Å². The van der Waals surface area contributed by atoms with Crippen molar-refractivity contribution in [1.29, 1.82) is 0 Å². The van der Waals surface area contributed by atoms with Gasteiger partial charge in [-0.1, -0.05) is 54.1 Å². The zero-order chi connectivity index (χ0) is 16.5. The Morgan fingerprint density at radius 2 is 1.78 bits per heavy atom. The fraction of sp³-hybridized carbons (Fsp3) is 0.316. The lowest BCUT2D eigenvalue weighted by molar-refractivity contribution is -0.130. The average molecular weight is 331 g/mol. The van der Waals surface area contributed by atoms with Gasteiger partial charge in [-0.05, 0) is 36.2 Å². The van der Waals surface area contributed by atoms with Crippen LogP contribution in [-0.4, -0.2) is 30.9 Å². The van der Waals surface area contributed by atoms with Crippen LogP contribution in [0.1, 0.15) is 17.5 Å². The Morgan fingerprint density at radius 3 is 2.52 bits per heavy atom. The Hall–Kier alpha value is -1.84. The summed E-state index contributed by atoms with van der Waals surface area (Å²) in [6.07, 6.45) is 1.42. The van der Waals surface area contributed by atoms with Crippen LogP contribution in [0.3, 0.4) is 0 Å². The number of nitrogens with zero attached hydrogens (tertiary/aromatic N) is 1. The van der Waals surface area contributed by atoms with E-state index in [-0.39, 0.29) is 5.91 Å². The molecule has 2 rings (SSSR count). The lowest BCUT2D eigenvalue weighted by Gasteiger charge is -2.17. The summed E-state index contributed by atoms with van der Waals surface area (Å²) in [6, 6.07) is 17.9. The molecule has 0 saturated carbocycles. The molecule has 0 aliphatic rings. The SMILES string of the molecule is CN(Cc1ccccc1)C(=O)CCNCCc1cccc(Cl)c1. The van der Waals surface area contributed by atoms with Gasteiger partial charge in [0.15, 0.2) is 0 Å². The largest absolute Gasteiger partial charge is 0.341 e. The number of amides is 1. The summed E-state index contributed by atoms with van der Waals surface area (Å²) >= 11 is 5.96. The normalized spacial score (nSPS) is 10.5. The summed E-state index contributed by atoms with van der Waals surface area (Å²) in [5.41, 5.74) is 2.36. The van der Waals surface area contributed by atoms with Crippen molar-refractivity contribution in [2.75, 3.05) is 20.1 Å². The quantitative estimate of drug-likeness (QED) is 0.751. The Balaban J connectivity index is 1.62. The van der Waals surface area contributed by atoms with E-state index in [2.05, 4.69) is 11.4 Å². The van der Waals surface area contributed by atoms with Crippen LogP contribution in [0.4, 0.5) is 0 Å². The van der Waals surface area contributed by atoms with Crippen LogP contribution in [0.5, 0.6) is 0 Å². The predicted octanol–water partition coefficient (Wildman–Crippen LogP) is 3.52. The molecule has 0 spiro atoms. The van der Waals surface area contributed by atoms with Gasteiger partial charge in [-0.25, -0.2) is 0 Å². The number of halogens is 1. The van der Waals surface area contributed by atoms with Gasteiger partial charge in [0.25, 0.3) is 0 Å². The third kappa shape index (κ3) is 6.43. The van der Waals surface area contributed by atoms with E-state index in [1.165, 1.54) is 5.56 Å². The van der Waals surface area contributed by atoms with E-state index in [4.69, 9.17) is 11.6 Å². The smallest absolute Gasteiger partial charge is 0.223 e. The molecule has 0 fully saturated rings. The zero-order valence-electron chi connectivity index (χ0n) is 13.5. The number of hydrogen-bond acceptors (Lipinski definition) is 2. The summed E-state index contributed by atoms with van der Waals surface area (Å²) in [5, 5.41) is 4.08. The summed E-state index contributed by atoms with van der Waals surface area (Å²) in [7, 11) is 1.85. The third-order valence-electron chi connectivity index (χ3n) is 3.68. The molecule has 0 aliphatic heterocycles. The summed E-state index contributed by atoms with van der Waals surface area (Å²) < 4.78 is 0. The van der Waals surface area contributed by atoms with Crippen LogP contribution in [0.25, 0.3) is 0 Å². The number of nitrogens with one attached hydrogen (secondary N) is 1. The molecule has 0 radical (unpaired) electrons. The van der Waals surface area contributed by atoms with E-state index in [0.29, 0.717) is 19.5 Å². The molecular formula is C19H23ClN2O. The summed E-state index contributed by atoms with van der Waals surface area (Å²) in [6.45, 7) is 2.19. The average Bonchev–Trinajstić information content (AvgIpc) is 2.55. The third-order valence-corrected chi connectivity index (χ3v) is 3.92. The predicted molar refractivity (Wildman–Crippen MR) is 95.6 cm³/mol. The molecule has 1 amide bonds. The van der Waals surface area contributed by atoms with Gasteiger partial charge in [0.2, 0.25) is 5.91 Å².